The van der Waals surface area contributed by atoms with Gasteiger partial charge in [0.1, 0.15) is 0 Å². The van der Waals surface area contributed by atoms with Crippen LogP contribution in [0.25, 0.3) is 0 Å². The number of nitrogens with one attached hydrogen (secondary N) is 1. The van der Waals surface area contributed by atoms with E-state index in [4.69, 9.17) is 5.73 Å². The number of hydrogen-bond donors (Lipinski definition) is 2. The minimum atomic E-state index is -0.387. The van der Waals surface area contributed by atoms with Crippen molar-refractivity contribution in [1.29, 1.82) is 0 Å². The summed E-state index contributed by atoms with van der Waals surface area (Å²) in [4.78, 5) is 23.0. The van der Waals surface area contributed by atoms with Gasteiger partial charge in [0.05, 0.1) is 17.5 Å². The number of carbonyl (C=O) groups excluding carboxylic acids is 2. The first-order valence-electron chi connectivity index (χ1n) is 7.86. The normalized spacial score (nSPS) is 16.2. The lowest BCUT2D eigenvalue weighted by molar-refractivity contribution is -0.119. The Balaban J connectivity index is 1.50. The second-order valence-corrected chi connectivity index (χ2v) is 9.01. The van der Waals surface area contributed by atoms with Gasteiger partial charge in [-0.2, -0.15) is 0 Å². The van der Waals surface area contributed by atoms with Gasteiger partial charge in [-0.1, -0.05) is 59.1 Å². The summed E-state index contributed by atoms with van der Waals surface area (Å²) >= 11 is 3.99. The van der Waals surface area contributed by atoms with Gasteiger partial charge in [-0.3, -0.25) is 9.59 Å². The minimum Gasteiger partial charge on any atom is -0.369 e. The van der Waals surface area contributed by atoms with Gasteiger partial charge >= 0.3 is 0 Å². The molecule has 1 heterocycles. The molecule has 0 bridgehead atoms. The Morgan fingerprint density at radius 1 is 1.20 bits per heavy atom. The fourth-order valence-corrected chi connectivity index (χ4v) is 5.28. The topological polar surface area (TPSA) is 98.0 Å². The third-order valence-corrected chi connectivity index (χ3v) is 6.97. The number of rotatable bonds is 7. The van der Waals surface area contributed by atoms with Crippen molar-refractivity contribution in [3.8, 4) is 0 Å². The molecule has 0 spiro atoms. The summed E-state index contributed by atoms with van der Waals surface area (Å²) < 4.78 is 1.40. The highest BCUT2D eigenvalue weighted by molar-refractivity contribution is 8.03. The van der Waals surface area contributed by atoms with Gasteiger partial charge in [-0.05, 0) is 30.4 Å². The maximum Gasteiger partial charge on any atom is 0.230 e. The number of amides is 2. The van der Waals surface area contributed by atoms with Crippen molar-refractivity contribution in [2.45, 2.75) is 34.0 Å². The summed E-state index contributed by atoms with van der Waals surface area (Å²) in [5, 5.41) is 11.1. The molecule has 132 valence electrons. The van der Waals surface area contributed by atoms with Crippen LogP contribution in [0.2, 0.25) is 0 Å². The third-order valence-electron chi connectivity index (χ3n) is 3.76. The summed E-state index contributed by atoms with van der Waals surface area (Å²) in [6, 6.07) is 8.38. The van der Waals surface area contributed by atoms with Crippen molar-refractivity contribution in [3.05, 3.63) is 35.4 Å². The number of primary amides is 1. The smallest absolute Gasteiger partial charge is 0.230 e. The number of hydrogen-bond acceptors (Lipinski definition) is 7. The average Bonchev–Trinajstić information content (AvgIpc) is 3.06. The zero-order chi connectivity index (χ0) is 17.6. The summed E-state index contributed by atoms with van der Waals surface area (Å²) in [6.07, 6.45) is 3.14. The second kappa shape index (κ2) is 8.68. The molecular weight excluding hydrogens is 376 g/mol. The zero-order valence-corrected chi connectivity index (χ0v) is 15.9. The van der Waals surface area contributed by atoms with Crippen LogP contribution in [0.5, 0.6) is 0 Å². The molecule has 6 nitrogen and oxygen atoms in total. The molecule has 2 aromatic rings. The maximum atomic E-state index is 12.3. The molecule has 3 rings (SSSR count). The Hall–Kier alpha value is -1.58. The molecule has 2 amide bonds. The molecule has 1 atom stereocenters. The predicted octanol–water partition coefficient (Wildman–Crippen LogP) is 2.40. The van der Waals surface area contributed by atoms with Crippen molar-refractivity contribution in [2.24, 2.45) is 5.73 Å². The summed E-state index contributed by atoms with van der Waals surface area (Å²) in [5.74, 6) is 0.0871. The zero-order valence-electron chi connectivity index (χ0n) is 13.4. The Morgan fingerprint density at radius 3 is 2.68 bits per heavy atom. The van der Waals surface area contributed by atoms with Crippen molar-refractivity contribution in [2.75, 3.05) is 11.5 Å². The number of aromatic nitrogens is 2. The quantitative estimate of drug-likeness (QED) is 0.700. The van der Waals surface area contributed by atoms with E-state index in [1.54, 1.807) is 0 Å². The molecule has 0 fully saturated rings. The lowest BCUT2D eigenvalue weighted by Crippen LogP contribution is -2.32. The van der Waals surface area contributed by atoms with Crippen LogP contribution in [-0.2, 0) is 16.0 Å². The Morgan fingerprint density at radius 2 is 1.92 bits per heavy atom. The van der Waals surface area contributed by atoms with Crippen LogP contribution in [0.3, 0.4) is 0 Å². The molecule has 0 aliphatic heterocycles. The molecule has 0 unspecified atom stereocenters. The summed E-state index contributed by atoms with van der Waals surface area (Å²) in [6.45, 7) is 0. The minimum absolute atomic E-state index is 0.00626. The van der Waals surface area contributed by atoms with Gasteiger partial charge in [-0.15, -0.1) is 10.2 Å². The SMILES string of the molecule is NC(=O)CSc1nnc(SCC(=O)N[C@H]2CCCc3ccccc32)s1. The fraction of sp³-hybridized carbons (Fsp3) is 0.375. The first kappa shape index (κ1) is 18.2. The van der Waals surface area contributed by atoms with E-state index in [0.29, 0.717) is 14.4 Å². The number of thioether (sulfide) groups is 2. The number of aryl methyl sites for hydroxylation is 1. The van der Waals surface area contributed by atoms with E-state index >= 15 is 0 Å². The molecular formula is C16H18N4O2S3. The highest BCUT2D eigenvalue weighted by Crippen LogP contribution is 2.31. The van der Waals surface area contributed by atoms with Gasteiger partial charge in [-0.25, -0.2) is 0 Å². The Kier molecular flexibility index (Phi) is 6.33. The predicted molar refractivity (Wildman–Crippen MR) is 101 cm³/mol. The van der Waals surface area contributed by atoms with E-state index in [0.717, 1.165) is 19.3 Å². The number of nitrogens with two attached hydrogens (primary N) is 1. The van der Waals surface area contributed by atoms with E-state index in [1.165, 1.54) is 46.0 Å². The first-order valence-corrected chi connectivity index (χ1v) is 10.6. The molecule has 1 aliphatic carbocycles. The third kappa shape index (κ3) is 5.20. The van der Waals surface area contributed by atoms with Gasteiger partial charge < -0.3 is 11.1 Å². The van der Waals surface area contributed by atoms with Gasteiger partial charge in [0.2, 0.25) is 11.8 Å². The van der Waals surface area contributed by atoms with Crippen LogP contribution in [0, 0.1) is 0 Å². The lowest BCUT2D eigenvalue weighted by Gasteiger charge is -2.26. The molecule has 0 radical (unpaired) electrons. The van der Waals surface area contributed by atoms with Gasteiger partial charge in [0.15, 0.2) is 8.68 Å². The molecule has 1 aromatic heterocycles. The van der Waals surface area contributed by atoms with Gasteiger partial charge in [0, 0.05) is 0 Å². The van der Waals surface area contributed by atoms with Crippen LogP contribution >= 0.6 is 34.9 Å². The summed E-state index contributed by atoms with van der Waals surface area (Å²) in [7, 11) is 0. The largest absolute Gasteiger partial charge is 0.369 e. The number of fused-ring (bicyclic) bond motifs is 1. The maximum absolute atomic E-state index is 12.3. The molecule has 3 N–H and O–H groups in total. The van der Waals surface area contributed by atoms with Crippen molar-refractivity contribution in [3.63, 3.8) is 0 Å². The lowest BCUT2D eigenvalue weighted by atomic mass is 9.88. The van der Waals surface area contributed by atoms with Crippen molar-refractivity contribution < 1.29 is 9.59 Å². The van der Waals surface area contributed by atoms with Crippen LogP contribution in [0.15, 0.2) is 32.9 Å². The van der Waals surface area contributed by atoms with E-state index in [-0.39, 0.29) is 23.6 Å². The monoisotopic (exact) mass is 394 g/mol. The van der Waals surface area contributed by atoms with E-state index in [1.807, 2.05) is 12.1 Å². The molecule has 0 saturated heterocycles. The van der Waals surface area contributed by atoms with Crippen molar-refractivity contribution in [1.82, 2.24) is 15.5 Å². The van der Waals surface area contributed by atoms with Gasteiger partial charge in [0.25, 0.3) is 0 Å². The standard InChI is InChI=1S/C16H18N4O2S3/c17-13(21)8-23-15-19-20-16(25-15)24-9-14(22)18-12-7-3-5-10-4-1-2-6-11(10)12/h1-2,4,6,12H,3,5,7-9H2,(H2,17,21)(H,18,22)/t12-/m0/s1. The van der Waals surface area contributed by atoms with Crippen LogP contribution in [0.1, 0.15) is 30.0 Å². The van der Waals surface area contributed by atoms with E-state index in [9.17, 15) is 9.59 Å². The number of benzene rings is 1. The molecule has 1 aromatic carbocycles. The summed E-state index contributed by atoms with van der Waals surface area (Å²) in [5.41, 5.74) is 7.66. The molecule has 25 heavy (non-hydrogen) atoms. The highest BCUT2D eigenvalue weighted by Gasteiger charge is 2.21. The second-order valence-electron chi connectivity index (χ2n) is 5.59. The van der Waals surface area contributed by atoms with E-state index in [2.05, 4.69) is 27.6 Å². The molecule has 9 heteroatoms. The number of nitrogens with zero attached hydrogens (tertiary/aromatic N) is 2. The van der Waals surface area contributed by atoms with Crippen LogP contribution in [-0.4, -0.2) is 33.5 Å². The van der Waals surface area contributed by atoms with Crippen LogP contribution < -0.4 is 11.1 Å². The molecule has 0 saturated carbocycles. The van der Waals surface area contributed by atoms with Crippen LogP contribution in [0.4, 0.5) is 0 Å². The fourth-order valence-electron chi connectivity index (χ4n) is 2.71. The highest BCUT2D eigenvalue weighted by atomic mass is 32.2. The Labute approximate surface area is 158 Å². The number of carbonyl (C=O) groups is 2. The van der Waals surface area contributed by atoms with Crippen molar-refractivity contribution >= 4 is 46.7 Å². The molecule has 1 aliphatic rings. The Bertz CT molecular complexity index is 765. The first-order chi connectivity index (χ1) is 12.1. The average molecular weight is 395 g/mol. The van der Waals surface area contributed by atoms with E-state index < -0.39 is 0 Å².